The van der Waals surface area contributed by atoms with Crippen LogP contribution < -0.4 is 18.9 Å². The quantitative estimate of drug-likeness (QED) is 0.265. The summed E-state index contributed by atoms with van der Waals surface area (Å²) in [7, 11) is 0. The van der Waals surface area contributed by atoms with Crippen molar-refractivity contribution >= 4 is 17.7 Å². The molecule has 4 aliphatic carbocycles. The van der Waals surface area contributed by atoms with Crippen LogP contribution in [0.15, 0.2) is 49.6 Å². The third kappa shape index (κ3) is 3.42. The van der Waals surface area contributed by atoms with Crippen LogP contribution in [0.2, 0.25) is 0 Å². The van der Waals surface area contributed by atoms with E-state index in [-0.39, 0.29) is 48.0 Å². The number of rotatable bonds is 6. The van der Waals surface area contributed by atoms with Crippen molar-refractivity contribution in [2.75, 3.05) is 26.2 Å². The van der Waals surface area contributed by atoms with Crippen molar-refractivity contribution in [2.24, 2.45) is 0 Å². The highest BCUT2D eigenvalue weighted by Gasteiger charge is 2.74. The molecule has 2 aromatic carbocycles. The largest absolute Gasteiger partial charge is 0.519 e. The van der Waals surface area contributed by atoms with Crippen LogP contribution in [-0.4, -0.2) is 99.4 Å². The Morgan fingerprint density at radius 1 is 0.760 bits per heavy atom. The molecule has 2 N–H and O–H groups in total. The predicted octanol–water partition coefficient (Wildman–Crippen LogP) is 3.08. The van der Waals surface area contributed by atoms with Crippen molar-refractivity contribution < 1.29 is 43.5 Å². The van der Waals surface area contributed by atoms with E-state index in [1.165, 1.54) is 0 Å². The van der Waals surface area contributed by atoms with E-state index in [1.807, 2.05) is 24.3 Å². The van der Waals surface area contributed by atoms with E-state index in [4.69, 9.17) is 18.9 Å². The zero-order valence-electron chi connectivity index (χ0n) is 27.8. The van der Waals surface area contributed by atoms with E-state index in [9.17, 15) is 24.6 Å². The highest BCUT2D eigenvalue weighted by molar-refractivity contribution is 5.91. The summed E-state index contributed by atoms with van der Waals surface area (Å²) in [4.78, 5) is 45.0. The van der Waals surface area contributed by atoms with Crippen molar-refractivity contribution in [3.63, 3.8) is 0 Å². The van der Waals surface area contributed by atoms with Gasteiger partial charge in [0.15, 0.2) is 46.8 Å². The van der Waals surface area contributed by atoms with Crippen LogP contribution in [0.25, 0.3) is 0 Å². The van der Waals surface area contributed by atoms with E-state index >= 15 is 0 Å². The third-order valence-electron chi connectivity index (χ3n) is 13.8. The molecule has 0 radical (unpaired) electrons. The van der Waals surface area contributed by atoms with Gasteiger partial charge in [-0.3, -0.25) is 19.4 Å². The van der Waals surface area contributed by atoms with E-state index in [2.05, 4.69) is 23.0 Å². The summed E-state index contributed by atoms with van der Waals surface area (Å²) in [5.41, 5.74) is -0.807. The monoisotopic (exact) mass is 680 g/mol. The fraction of sp³-hybridized carbons (Fsp3) is 0.513. The number of nitrogens with zero attached hydrogens (tertiary/aromatic N) is 2. The fourth-order valence-corrected chi connectivity index (χ4v) is 11.9. The summed E-state index contributed by atoms with van der Waals surface area (Å²) in [6.07, 6.45) is 4.17. The summed E-state index contributed by atoms with van der Waals surface area (Å²) in [6.45, 7) is 10.4. The molecule has 4 fully saturated rings. The molecule has 4 aliphatic heterocycles. The van der Waals surface area contributed by atoms with Gasteiger partial charge in [-0.05, 0) is 61.8 Å². The maximum Gasteiger partial charge on any atom is 0.519 e. The van der Waals surface area contributed by atoms with Gasteiger partial charge in [-0.1, -0.05) is 24.3 Å². The lowest BCUT2D eigenvalue weighted by Gasteiger charge is -2.62. The zero-order valence-corrected chi connectivity index (χ0v) is 27.8. The topological polar surface area (TPSA) is 135 Å². The smallest absolute Gasteiger partial charge is 0.477 e. The molecule has 8 atom stereocenters. The van der Waals surface area contributed by atoms with Crippen LogP contribution in [0.4, 0.5) is 4.79 Å². The number of ketones is 2. The standard InChI is InChI=1S/C39H40N2O9/c1-3-15-40-17-13-36-29-21-5-7-25(31(29)49-33(36)23(42)9-11-38(36,45)27(40)19-21)47-35(44)48-26-8-6-22-20-28-39(46)12-10-24(43)34-37(39,30(22)32(26)50-34)14-18-41(28)16-4-2/h3-8,27-28,33-34,45-46H,1-2,9-20H2/t27-,28?,33+,34+,36+,37+,38-,39-/m1/s1. The van der Waals surface area contributed by atoms with Gasteiger partial charge in [-0.15, -0.1) is 13.2 Å². The fourth-order valence-electron chi connectivity index (χ4n) is 11.9. The minimum atomic E-state index is -1.19. The summed E-state index contributed by atoms with van der Waals surface area (Å²) in [5.74, 6) is 0.708. The molecule has 2 spiro atoms. The van der Waals surface area contributed by atoms with Crippen LogP contribution in [0.3, 0.4) is 0 Å². The number of hydrogen-bond acceptors (Lipinski definition) is 11. The number of benzene rings is 2. The van der Waals surface area contributed by atoms with E-state index in [0.29, 0.717) is 76.2 Å². The van der Waals surface area contributed by atoms with E-state index in [1.54, 1.807) is 12.1 Å². The highest BCUT2D eigenvalue weighted by atomic mass is 16.7. The van der Waals surface area contributed by atoms with Crippen molar-refractivity contribution in [3.8, 4) is 23.0 Å². The minimum absolute atomic E-state index is 0.0645. The van der Waals surface area contributed by atoms with Crippen LogP contribution in [-0.2, 0) is 33.3 Å². The van der Waals surface area contributed by atoms with Crippen molar-refractivity contribution in [3.05, 3.63) is 71.8 Å². The second-order valence-corrected chi connectivity index (χ2v) is 15.5. The third-order valence-corrected chi connectivity index (χ3v) is 13.8. The second kappa shape index (κ2) is 10.1. The predicted molar refractivity (Wildman–Crippen MR) is 178 cm³/mol. The van der Waals surface area contributed by atoms with Gasteiger partial charge in [-0.25, -0.2) is 4.79 Å². The molecular formula is C39H40N2O9. The summed E-state index contributed by atoms with van der Waals surface area (Å²) < 4.78 is 24.6. The maximum absolute atomic E-state index is 13.6. The molecule has 2 saturated heterocycles. The molecule has 4 heterocycles. The van der Waals surface area contributed by atoms with Gasteiger partial charge in [0.2, 0.25) is 0 Å². The Labute approximate surface area is 289 Å². The number of aliphatic hydroxyl groups is 2. The minimum Gasteiger partial charge on any atom is -0.477 e. The van der Waals surface area contributed by atoms with Crippen LogP contribution in [0.5, 0.6) is 23.0 Å². The summed E-state index contributed by atoms with van der Waals surface area (Å²) in [5, 5.41) is 24.9. The normalized spacial score (nSPS) is 38.4. The lowest BCUT2D eigenvalue weighted by molar-refractivity contribution is -0.187. The Morgan fingerprint density at radius 3 is 1.62 bits per heavy atom. The molecule has 11 heteroatoms. The van der Waals surface area contributed by atoms with Crippen molar-refractivity contribution in [2.45, 2.75) is 97.7 Å². The first-order valence-electron chi connectivity index (χ1n) is 17.9. The molecule has 1 unspecified atom stereocenters. The number of likely N-dealkylation sites (tertiary alicyclic amines) is 2. The molecule has 260 valence electrons. The number of Topliss-reactive ketones (excluding diaryl/α,β-unsaturated/α-hetero) is 2. The lowest BCUT2D eigenvalue weighted by Crippen LogP contribution is -2.76. The molecule has 8 aliphatic rings. The zero-order chi connectivity index (χ0) is 34.4. The average molecular weight is 681 g/mol. The Hall–Kier alpha value is -4.03. The van der Waals surface area contributed by atoms with Gasteiger partial charge in [0.05, 0.1) is 22.0 Å². The van der Waals surface area contributed by atoms with Crippen LogP contribution in [0, 0.1) is 0 Å². The Balaban J connectivity index is 0.998. The summed E-state index contributed by atoms with van der Waals surface area (Å²) in [6, 6.07) is 6.72. The van der Waals surface area contributed by atoms with Gasteiger partial charge >= 0.3 is 6.16 Å². The van der Waals surface area contributed by atoms with E-state index < -0.39 is 40.4 Å². The number of hydrogen-bond donors (Lipinski definition) is 2. The number of carbonyl (C=O) groups is 3. The first-order chi connectivity index (χ1) is 24.1. The van der Waals surface area contributed by atoms with Gasteiger partial charge in [0.1, 0.15) is 0 Å². The number of ether oxygens (including phenoxy) is 4. The van der Waals surface area contributed by atoms with Gasteiger partial charge < -0.3 is 29.2 Å². The second-order valence-electron chi connectivity index (χ2n) is 15.5. The maximum atomic E-state index is 13.6. The average Bonchev–Trinajstić information content (AvgIpc) is 3.64. The molecule has 2 aromatic rings. The van der Waals surface area contributed by atoms with Crippen molar-refractivity contribution in [1.29, 1.82) is 0 Å². The number of piperidine rings is 2. The molecule has 0 amide bonds. The molecule has 0 aromatic heterocycles. The Morgan fingerprint density at radius 2 is 1.20 bits per heavy atom. The molecule has 10 rings (SSSR count). The SMILES string of the molecule is C=CCN1CC[C@]23c4c5ccc(OC(=O)Oc6ccc7c8c6O[C@H]6C(=O)CC[C@@]9(O)[C@@H](C7)N(CC=C)CC[C@]869)c4O[C@H]2C(=O)CC[C@@]3(O)C1C5. The van der Waals surface area contributed by atoms with Gasteiger partial charge in [0.25, 0.3) is 0 Å². The Kier molecular flexibility index (Phi) is 6.19. The van der Waals surface area contributed by atoms with Crippen molar-refractivity contribution in [1.82, 2.24) is 9.80 Å². The van der Waals surface area contributed by atoms with Gasteiger partial charge in [-0.2, -0.15) is 0 Å². The first kappa shape index (κ1) is 30.8. The molecule has 11 nitrogen and oxygen atoms in total. The van der Waals surface area contributed by atoms with Crippen LogP contribution in [0.1, 0.15) is 60.8 Å². The summed E-state index contributed by atoms with van der Waals surface area (Å²) >= 11 is 0. The molecule has 2 saturated carbocycles. The lowest BCUT2D eigenvalue weighted by atomic mass is 9.49. The van der Waals surface area contributed by atoms with E-state index in [0.717, 1.165) is 22.3 Å². The first-order valence-corrected chi connectivity index (χ1v) is 17.9. The molecular weight excluding hydrogens is 640 g/mol. The Bertz CT molecular complexity index is 1810. The molecule has 4 bridgehead atoms. The molecule has 50 heavy (non-hydrogen) atoms. The number of carbonyl (C=O) groups excluding carboxylic acids is 3. The highest BCUT2D eigenvalue weighted by Crippen LogP contribution is 2.66. The van der Waals surface area contributed by atoms with Gasteiger partial charge in [0, 0.05) is 62.2 Å². The van der Waals surface area contributed by atoms with Crippen LogP contribution >= 0.6 is 0 Å².